The number of nitrogens with zero attached hydrogens (tertiary/aromatic N) is 4. The SMILES string of the molecule is Cn1cnc(S(=O)(=O)N2CCN(C(=O)O)CC2C(=O)O)c1. The van der Waals surface area contributed by atoms with Gasteiger partial charge in [-0.3, -0.25) is 4.79 Å². The highest BCUT2D eigenvalue weighted by Crippen LogP contribution is 2.20. The Balaban J connectivity index is 2.33. The molecule has 1 atom stereocenters. The number of carbonyl (C=O) groups is 2. The number of amides is 1. The Labute approximate surface area is 120 Å². The monoisotopic (exact) mass is 318 g/mol. The van der Waals surface area contributed by atoms with Crippen molar-refractivity contribution in [1.82, 2.24) is 18.8 Å². The van der Waals surface area contributed by atoms with Crippen LogP contribution in [0.5, 0.6) is 0 Å². The molecule has 1 amide bonds. The average Bonchev–Trinajstić information content (AvgIpc) is 2.85. The van der Waals surface area contributed by atoms with E-state index in [4.69, 9.17) is 5.11 Å². The number of hydrogen-bond donors (Lipinski definition) is 2. The molecule has 1 aromatic heterocycles. The van der Waals surface area contributed by atoms with Crippen LogP contribution in [0.3, 0.4) is 0 Å². The summed E-state index contributed by atoms with van der Waals surface area (Å²) in [4.78, 5) is 26.8. The Kier molecular flexibility index (Phi) is 3.87. The third-order valence-electron chi connectivity index (χ3n) is 3.14. The fraction of sp³-hybridized carbons (Fsp3) is 0.500. The van der Waals surface area contributed by atoms with E-state index in [1.165, 1.54) is 17.1 Å². The van der Waals surface area contributed by atoms with Crippen molar-refractivity contribution in [2.75, 3.05) is 19.6 Å². The summed E-state index contributed by atoms with van der Waals surface area (Å²) in [7, 11) is -2.50. The lowest BCUT2D eigenvalue weighted by atomic mass is 10.2. The molecule has 11 heteroatoms. The van der Waals surface area contributed by atoms with Crippen LogP contribution in [0.1, 0.15) is 0 Å². The van der Waals surface area contributed by atoms with Crippen molar-refractivity contribution >= 4 is 22.1 Å². The van der Waals surface area contributed by atoms with Gasteiger partial charge >= 0.3 is 12.1 Å². The van der Waals surface area contributed by atoms with E-state index in [9.17, 15) is 23.1 Å². The fourth-order valence-corrected chi connectivity index (χ4v) is 3.61. The zero-order valence-corrected chi connectivity index (χ0v) is 11.9. The van der Waals surface area contributed by atoms with E-state index in [1.807, 2.05) is 0 Å². The van der Waals surface area contributed by atoms with Gasteiger partial charge in [0.1, 0.15) is 6.04 Å². The van der Waals surface area contributed by atoms with Crippen LogP contribution in [0.2, 0.25) is 0 Å². The van der Waals surface area contributed by atoms with Crippen LogP contribution in [0, 0.1) is 0 Å². The molecular formula is C10H14N4O6S. The minimum atomic E-state index is -4.08. The van der Waals surface area contributed by atoms with E-state index in [-0.39, 0.29) is 18.1 Å². The molecule has 1 aliphatic heterocycles. The van der Waals surface area contributed by atoms with Crippen LogP contribution in [0.25, 0.3) is 0 Å². The van der Waals surface area contributed by atoms with E-state index in [1.54, 1.807) is 7.05 Å². The molecule has 0 aliphatic carbocycles. The first-order valence-electron chi connectivity index (χ1n) is 5.94. The number of aromatic nitrogens is 2. The molecule has 0 radical (unpaired) electrons. The van der Waals surface area contributed by atoms with Gasteiger partial charge in [-0.2, -0.15) is 4.31 Å². The zero-order chi connectivity index (χ0) is 15.8. The van der Waals surface area contributed by atoms with Crippen molar-refractivity contribution in [2.24, 2.45) is 7.05 Å². The van der Waals surface area contributed by atoms with Gasteiger partial charge in [0.05, 0.1) is 12.9 Å². The summed E-state index contributed by atoms with van der Waals surface area (Å²) in [5.41, 5.74) is 0. The van der Waals surface area contributed by atoms with Crippen LogP contribution < -0.4 is 0 Å². The highest BCUT2D eigenvalue weighted by Gasteiger charge is 2.42. The minimum Gasteiger partial charge on any atom is -0.480 e. The highest BCUT2D eigenvalue weighted by atomic mass is 32.2. The summed E-state index contributed by atoms with van der Waals surface area (Å²) in [6.45, 7) is -0.746. The van der Waals surface area contributed by atoms with E-state index >= 15 is 0 Å². The van der Waals surface area contributed by atoms with Crippen LogP contribution in [0.4, 0.5) is 4.79 Å². The number of carboxylic acid groups (broad SMARTS) is 2. The van der Waals surface area contributed by atoms with Crippen molar-refractivity contribution in [3.63, 3.8) is 0 Å². The average molecular weight is 318 g/mol. The molecule has 0 aromatic carbocycles. The smallest absolute Gasteiger partial charge is 0.407 e. The standard InChI is InChI=1S/C10H14N4O6S/c1-12-5-8(11-6-12)21(19,20)14-3-2-13(10(17)18)4-7(14)9(15)16/h5-7H,2-4H2,1H3,(H,15,16)(H,17,18). The molecule has 0 spiro atoms. The van der Waals surface area contributed by atoms with Gasteiger partial charge in [0.2, 0.25) is 0 Å². The number of carboxylic acids is 1. The first-order valence-corrected chi connectivity index (χ1v) is 7.38. The largest absolute Gasteiger partial charge is 0.480 e. The summed E-state index contributed by atoms with van der Waals surface area (Å²) in [6, 6.07) is -1.47. The molecule has 2 rings (SSSR count). The van der Waals surface area contributed by atoms with Crippen LogP contribution in [-0.4, -0.2) is 75.1 Å². The normalized spacial score (nSPS) is 20.4. The van der Waals surface area contributed by atoms with Crippen molar-refractivity contribution < 1.29 is 28.2 Å². The Hall–Kier alpha value is -2.14. The Morgan fingerprint density at radius 3 is 2.48 bits per heavy atom. The fourth-order valence-electron chi connectivity index (χ4n) is 2.07. The van der Waals surface area contributed by atoms with Crippen molar-refractivity contribution in [3.8, 4) is 0 Å². The van der Waals surface area contributed by atoms with Gasteiger partial charge in [-0.25, -0.2) is 18.2 Å². The van der Waals surface area contributed by atoms with Gasteiger partial charge in [-0.1, -0.05) is 0 Å². The summed E-state index contributed by atoms with van der Waals surface area (Å²) in [5.74, 6) is -1.40. The molecule has 1 fully saturated rings. The predicted molar refractivity (Wildman–Crippen MR) is 68.1 cm³/mol. The molecular weight excluding hydrogens is 304 g/mol. The van der Waals surface area contributed by atoms with Crippen LogP contribution in [-0.2, 0) is 21.9 Å². The van der Waals surface area contributed by atoms with Gasteiger partial charge < -0.3 is 19.7 Å². The third kappa shape index (κ3) is 2.83. The molecule has 116 valence electrons. The molecule has 1 aliphatic rings. The minimum absolute atomic E-state index is 0.0921. The molecule has 0 saturated carbocycles. The van der Waals surface area contributed by atoms with Crippen LogP contribution in [0.15, 0.2) is 17.6 Å². The number of rotatable bonds is 3. The van der Waals surface area contributed by atoms with E-state index < -0.39 is 34.7 Å². The van der Waals surface area contributed by atoms with Crippen LogP contribution >= 0.6 is 0 Å². The molecule has 10 nitrogen and oxygen atoms in total. The quantitative estimate of drug-likeness (QED) is 0.719. The summed E-state index contributed by atoms with van der Waals surface area (Å²) < 4.78 is 27.0. The predicted octanol–water partition coefficient (Wildman–Crippen LogP) is -1.14. The number of piperazine rings is 1. The maximum absolute atomic E-state index is 12.4. The Morgan fingerprint density at radius 2 is 2.00 bits per heavy atom. The first-order chi connectivity index (χ1) is 9.73. The molecule has 2 heterocycles. The van der Waals surface area contributed by atoms with Gasteiger partial charge in [-0.15, -0.1) is 0 Å². The van der Waals surface area contributed by atoms with E-state index in [0.717, 1.165) is 9.21 Å². The topological polar surface area (TPSA) is 133 Å². The second-order valence-electron chi connectivity index (χ2n) is 4.58. The van der Waals surface area contributed by atoms with Gasteiger partial charge in [0, 0.05) is 26.3 Å². The van der Waals surface area contributed by atoms with Gasteiger partial charge in [0.25, 0.3) is 10.0 Å². The Bertz CT molecular complexity index is 669. The first kappa shape index (κ1) is 15.3. The summed E-state index contributed by atoms with van der Waals surface area (Å²) >= 11 is 0. The number of imidazole rings is 1. The number of hydrogen-bond acceptors (Lipinski definition) is 5. The highest BCUT2D eigenvalue weighted by molar-refractivity contribution is 7.89. The summed E-state index contributed by atoms with van der Waals surface area (Å²) in [6.07, 6.45) is 1.27. The molecule has 1 unspecified atom stereocenters. The van der Waals surface area contributed by atoms with E-state index in [2.05, 4.69) is 4.98 Å². The Morgan fingerprint density at radius 1 is 1.33 bits per heavy atom. The molecule has 1 aromatic rings. The van der Waals surface area contributed by atoms with Crippen molar-refractivity contribution in [2.45, 2.75) is 11.1 Å². The summed E-state index contributed by atoms with van der Waals surface area (Å²) in [5, 5.41) is 17.8. The lowest BCUT2D eigenvalue weighted by molar-refractivity contribution is -0.142. The third-order valence-corrected chi connectivity index (χ3v) is 4.93. The molecule has 2 N–H and O–H groups in total. The maximum atomic E-state index is 12.4. The molecule has 1 saturated heterocycles. The van der Waals surface area contributed by atoms with Crippen molar-refractivity contribution in [1.29, 1.82) is 0 Å². The molecule has 0 bridgehead atoms. The number of aryl methyl sites for hydroxylation is 1. The second-order valence-corrected chi connectivity index (χ2v) is 6.41. The molecule has 21 heavy (non-hydrogen) atoms. The van der Waals surface area contributed by atoms with Gasteiger partial charge in [-0.05, 0) is 0 Å². The lowest BCUT2D eigenvalue weighted by Gasteiger charge is -2.36. The lowest BCUT2D eigenvalue weighted by Crippen LogP contribution is -2.59. The van der Waals surface area contributed by atoms with E-state index in [0.29, 0.717) is 0 Å². The van der Waals surface area contributed by atoms with Crippen molar-refractivity contribution in [3.05, 3.63) is 12.5 Å². The second kappa shape index (κ2) is 5.33. The maximum Gasteiger partial charge on any atom is 0.407 e. The van der Waals surface area contributed by atoms with Gasteiger partial charge in [0.15, 0.2) is 5.03 Å². The number of sulfonamides is 1. The number of aliphatic carboxylic acids is 1. The zero-order valence-electron chi connectivity index (χ0n) is 11.1.